The molecule has 2 aromatic heterocycles. The van der Waals surface area contributed by atoms with Gasteiger partial charge in [0.25, 0.3) is 5.91 Å². The van der Waals surface area contributed by atoms with Crippen molar-refractivity contribution in [1.82, 2.24) is 35.5 Å². The van der Waals surface area contributed by atoms with Gasteiger partial charge < -0.3 is 9.88 Å². The van der Waals surface area contributed by atoms with Gasteiger partial charge in [0.05, 0.1) is 6.20 Å². The number of tetrazole rings is 1. The number of rotatable bonds is 11. The molecule has 166 valence electrons. The smallest absolute Gasteiger partial charge is 0.269 e. The minimum atomic E-state index is -0.0987. The van der Waals surface area contributed by atoms with Crippen molar-refractivity contribution in [2.45, 2.75) is 59.0 Å². The highest BCUT2D eigenvalue weighted by Crippen LogP contribution is 2.18. The van der Waals surface area contributed by atoms with Gasteiger partial charge in [0.1, 0.15) is 11.5 Å². The summed E-state index contributed by atoms with van der Waals surface area (Å²) in [6.45, 7) is 7.02. The maximum Gasteiger partial charge on any atom is 0.269 e. The molecule has 0 fully saturated rings. The number of hydrogen-bond acceptors (Lipinski definition) is 6. The van der Waals surface area contributed by atoms with Gasteiger partial charge in [-0.2, -0.15) is 17.8 Å². The normalized spacial score (nSPS) is 12.3. The van der Waals surface area contributed by atoms with Crippen LogP contribution in [0.25, 0.3) is 11.4 Å². The van der Waals surface area contributed by atoms with E-state index in [-0.39, 0.29) is 11.9 Å². The van der Waals surface area contributed by atoms with Crippen molar-refractivity contribution in [1.29, 1.82) is 0 Å². The number of H-pyrrole nitrogens is 1. The highest BCUT2D eigenvalue weighted by molar-refractivity contribution is 7.80. The molecule has 0 unspecified atom stereocenters. The van der Waals surface area contributed by atoms with Crippen LogP contribution >= 0.6 is 12.6 Å². The summed E-state index contributed by atoms with van der Waals surface area (Å²) in [5.41, 5.74) is 2.55. The number of aromatic amines is 1. The minimum Gasteiger partial charge on any atom is -0.347 e. The Kier molecular flexibility index (Phi) is 8.22. The van der Waals surface area contributed by atoms with Crippen LogP contribution in [0.1, 0.15) is 61.9 Å². The Morgan fingerprint density at radius 1 is 1.26 bits per heavy atom. The first-order valence-corrected chi connectivity index (χ1v) is 11.4. The Hall–Kier alpha value is -2.68. The third-order valence-electron chi connectivity index (χ3n) is 5.13. The molecule has 1 atom stereocenters. The van der Waals surface area contributed by atoms with Crippen LogP contribution < -0.4 is 5.32 Å². The predicted molar refractivity (Wildman–Crippen MR) is 124 cm³/mol. The topological polar surface area (TPSA) is 101 Å². The monoisotopic (exact) mass is 441 g/mol. The van der Waals surface area contributed by atoms with E-state index in [4.69, 9.17) is 0 Å². The number of amides is 1. The number of aromatic nitrogens is 6. The summed E-state index contributed by atoms with van der Waals surface area (Å²) in [5.74, 6) is 2.48. The zero-order valence-corrected chi connectivity index (χ0v) is 19.3. The molecule has 0 aliphatic heterocycles. The standard InChI is InChI=1S/C22H31N7OS/c1-4-5-6-20-23-12-19(22(30)24-18(14-31)11-15(2)3)29(20)13-16-7-9-17(10-8-16)21-25-27-28-26-21/h7-10,12,15,18,31H,4-6,11,13-14H2,1-3H3,(H,24,30)(H,25,26,27,28)/t18-/m1/s1. The number of nitrogens with zero attached hydrogens (tertiary/aromatic N) is 5. The average molecular weight is 442 g/mol. The van der Waals surface area contributed by atoms with E-state index in [1.54, 1.807) is 6.20 Å². The van der Waals surface area contributed by atoms with Gasteiger partial charge >= 0.3 is 0 Å². The molecule has 1 amide bonds. The number of aryl methyl sites for hydroxylation is 1. The second-order valence-corrected chi connectivity index (χ2v) is 8.53. The minimum absolute atomic E-state index is 0.0347. The summed E-state index contributed by atoms with van der Waals surface area (Å²) in [4.78, 5) is 17.6. The van der Waals surface area contributed by atoms with E-state index in [9.17, 15) is 4.79 Å². The lowest BCUT2D eigenvalue weighted by atomic mass is 10.1. The van der Waals surface area contributed by atoms with Crippen molar-refractivity contribution < 1.29 is 4.79 Å². The summed E-state index contributed by atoms with van der Waals surface area (Å²) in [6.07, 6.45) is 5.53. The summed E-state index contributed by atoms with van der Waals surface area (Å²) in [7, 11) is 0. The molecule has 0 bridgehead atoms. The molecule has 0 aliphatic carbocycles. The van der Waals surface area contributed by atoms with Crippen LogP contribution in [-0.4, -0.2) is 47.9 Å². The first-order chi connectivity index (χ1) is 15.0. The molecule has 0 saturated carbocycles. The lowest BCUT2D eigenvalue weighted by Crippen LogP contribution is -2.38. The van der Waals surface area contributed by atoms with Crippen LogP contribution in [-0.2, 0) is 13.0 Å². The van der Waals surface area contributed by atoms with Gasteiger partial charge in [-0.1, -0.05) is 51.5 Å². The largest absolute Gasteiger partial charge is 0.347 e. The number of carbonyl (C=O) groups is 1. The molecule has 3 rings (SSSR count). The molecule has 1 aromatic carbocycles. The molecule has 31 heavy (non-hydrogen) atoms. The molecular formula is C22H31N7OS. The van der Waals surface area contributed by atoms with E-state index in [0.29, 0.717) is 29.7 Å². The van der Waals surface area contributed by atoms with Crippen LogP contribution in [0.4, 0.5) is 0 Å². The molecule has 0 radical (unpaired) electrons. The van der Waals surface area contributed by atoms with Crippen molar-refractivity contribution in [2.75, 3.05) is 5.75 Å². The SMILES string of the molecule is CCCCc1ncc(C(=O)N[C@@H](CS)CC(C)C)n1Cc1ccc(-c2nn[nH]n2)cc1. The van der Waals surface area contributed by atoms with E-state index >= 15 is 0 Å². The molecule has 0 spiro atoms. The fraction of sp³-hybridized carbons (Fsp3) is 0.500. The quantitative estimate of drug-likeness (QED) is 0.395. The summed E-state index contributed by atoms with van der Waals surface area (Å²) in [5, 5.41) is 17.2. The van der Waals surface area contributed by atoms with Crippen LogP contribution in [0.5, 0.6) is 0 Å². The first kappa shape index (κ1) is 23.0. The Bertz CT molecular complexity index is 951. The molecule has 9 heteroatoms. The Morgan fingerprint density at radius 2 is 2.03 bits per heavy atom. The van der Waals surface area contributed by atoms with Crippen molar-refractivity contribution in [3.8, 4) is 11.4 Å². The number of benzene rings is 1. The second-order valence-electron chi connectivity index (χ2n) is 8.16. The number of imidazole rings is 1. The number of unbranched alkanes of at least 4 members (excludes halogenated alkanes) is 1. The maximum absolute atomic E-state index is 13.1. The highest BCUT2D eigenvalue weighted by Gasteiger charge is 2.20. The van der Waals surface area contributed by atoms with Crippen molar-refractivity contribution in [3.05, 3.63) is 47.5 Å². The maximum atomic E-state index is 13.1. The molecule has 0 saturated heterocycles. The molecule has 2 N–H and O–H groups in total. The molecule has 2 heterocycles. The van der Waals surface area contributed by atoms with E-state index in [2.05, 4.69) is 64.3 Å². The fourth-order valence-electron chi connectivity index (χ4n) is 3.54. The molecule has 3 aromatic rings. The Labute approximate surface area is 188 Å². The van der Waals surface area contributed by atoms with Crippen molar-refractivity contribution in [2.24, 2.45) is 5.92 Å². The van der Waals surface area contributed by atoms with Gasteiger partial charge in [-0.25, -0.2) is 4.98 Å². The number of carbonyl (C=O) groups excluding carboxylic acids is 1. The summed E-state index contributed by atoms with van der Waals surface area (Å²) in [6, 6.07) is 8.00. The summed E-state index contributed by atoms with van der Waals surface area (Å²) < 4.78 is 2.03. The second kappa shape index (κ2) is 11.1. The third kappa shape index (κ3) is 6.16. The number of nitrogens with one attached hydrogen (secondary N) is 2. The van der Waals surface area contributed by atoms with Crippen LogP contribution in [0.15, 0.2) is 30.5 Å². The van der Waals surface area contributed by atoms with Gasteiger partial charge in [-0.15, -0.1) is 10.2 Å². The van der Waals surface area contributed by atoms with Crippen molar-refractivity contribution in [3.63, 3.8) is 0 Å². The van der Waals surface area contributed by atoms with Crippen molar-refractivity contribution >= 4 is 18.5 Å². The first-order valence-electron chi connectivity index (χ1n) is 10.8. The zero-order chi connectivity index (χ0) is 22.2. The number of thiol groups is 1. The lowest BCUT2D eigenvalue weighted by Gasteiger charge is -2.19. The Morgan fingerprint density at radius 3 is 2.65 bits per heavy atom. The van der Waals surface area contributed by atoms with Gasteiger partial charge in [0.15, 0.2) is 0 Å². The highest BCUT2D eigenvalue weighted by atomic mass is 32.1. The van der Waals surface area contributed by atoms with Crippen LogP contribution in [0.3, 0.4) is 0 Å². The third-order valence-corrected chi connectivity index (χ3v) is 5.58. The van der Waals surface area contributed by atoms with Gasteiger partial charge in [-0.05, 0) is 29.5 Å². The average Bonchev–Trinajstić information content (AvgIpc) is 3.42. The van der Waals surface area contributed by atoms with Gasteiger partial charge in [0.2, 0.25) is 5.82 Å². The van der Waals surface area contributed by atoms with Gasteiger partial charge in [-0.3, -0.25) is 4.79 Å². The number of hydrogen-bond donors (Lipinski definition) is 3. The zero-order valence-electron chi connectivity index (χ0n) is 18.4. The van der Waals surface area contributed by atoms with E-state index in [1.807, 2.05) is 28.8 Å². The van der Waals surface area contributed by atoms with E-state index in [1.165, 1.54) is 0 Å². The predicted octanol–water partition coefficient (Wildman–Crippen LogP) is 3.53. The van der Waals surface area contributed by atoms with Crippen LogP contribution in [0, 0.1) is 5.92 Å². The van der Waals surface area contributed by atoms with E-state index < -0.39 is 0 Å². The molecular weight excluding hydrogens is 410 g/mol. The Balaban J connectivity index is 1.81. The fourth-order valence-corrected chi connectivity index (χ4v) is 3.78. The van der Waals surface area contributed by atoms with Crippen LogP contribution in [0.2, 0.25) is 0 Å². The summed E-state index contributed by atoms with van der Waals surface area (Å²) >= 11 is 4.42. The van der Waals surface area contributed by atoms with E-state index in [0.717, 1.165) is 42.6 Å². The molecule has 8 nitrogen and oxygen atoms in total. The molecule has 0 aliphatic rings. The van der Waals surface area contributed by atoms with Gasteiger partial charge in [0, 0.05) is 30.3 Å². The lowest BCUT2D eigenvalue weighted by molar-refractivity contribution is 0.0927.